The molecular weight excluding hydrogens is 642 g/mol. The first kappa shape index (κ1) is 32.7. The van der Waals surface area contributed by atoms with Crippen LogP contribution in [0.2, 0.25) is 0 Å². The minimum Gasteiger partial charge on any atom is -0.744 e. The van der Waals surface area contributed by atoms with Gasteiger partial charge in [-0.2, -0.15) is 10.2 Å². The number of fused-ring (bicyclic) bond motifs is 2. The average molecular weight is 664 g/mol. The molecule has 0 radical (unpaired) electrons. The van der Waals surface area contributed by atoms with Gasteiger partial charge in [-0.05, 0) is 80.1 Å². The Balaban J connectivity index is 0.00000400. The van der Waals surface area contributed by atoms with Crippen LogP contribution in [0.25, 0.3) is 41.6 Å². The third kappa shape index (κ3) is 7.10. The first-order valence-corrected chi connectivity index (χ1v) is 16.3. The van der Waals surface area contributed by atoms with Crippen LogP contribution in [-0.4, -0.2) is 40.7 Å². The van der Waals surface area contributed by atoms with Crippen molar-refractivity contribution in [1.82, 2.24) is 9.97 Å². The molecule has 1 N–H and O–H groups in total. The summed E-state index contributed by atoms with van der Waals surface area (Å²) in [7, 11) is -4.65. The van der Waals surface area contributed by atoms with E-state index in [1.54, 1.807) is 55.5 Å². The number of carbonyl (C=O) groups excluding carboxylic acids is 2. The van der Waals surface area contributed by atoms with E-state index in [-0.39, 0.29) is 34.5 Å². The molecule has 45 heavy (non-hydrogen) atoms. The zero-order valence-electron chi connectivity index (χ0n) is 24.2. The fourth-order valence-electron chi connectivity index (χ4n) is 4.53. The molecule has 0 saturated carbocycles. The molecule has 6 rings (SSSR count). The van der Waals surface area contributed by atoms with E-state index in [0.29, 0.717) is 32.2 Å². The SMILES string of the molecule is CC(=O)C(N=Nc1ccc(-c2nc3ccc(-c4nc5ccc(C)c(S(=O)(=O)[O-])c5s4)cc3s2)cc1)C(=O)Nc1ccccc1.[Na+]. The molecular formula is C31H22N5NaO5S3. The molecule has 2 heterocycles. The number of nitrogens with one attached hydrogen (secondary N) is 1. The van der Waals surface area contributed by atoms with Crippen LogP contribution in [0.1, 0.15) is 12.5 Å². The molecule has 0 spiro atoms. The molecule has 1 unspecified atom stereocenters. The summed E-state index contributed by atoms with van der Waals surface area (Å²) in [4.78, 5) is 33.8. The summed E-state index contributed by atoms with van der Waals surface area (Å²) in [6.45, 7) is 2.89. The van der Waals surface area contributed by atoms with Gasteiger partial charge in [0.1, 0.15) is 20.1 Å². The fourth-order valence-corrected chi connectivity index (χ4v) is 7.82. The molecule has 0 aliphatic heterocycles. The molecule has 0 aliphatic rings. The summed E-state index contributed by atoms with van der Waals surface area (Å²) >= 11 is 2.65. The van der Waals surface area contributed by atoms with Gasteiger partial charge in [-0.25, -0.2) is 18.4 Å². The van der Waals surface area contributed by atoms with Gasteiger partial charge in [0.15, 0.2) is 5.78 Å². The number of Topliss-reactive ketones (excluding diaryl/α,β-unsaturated/α-hetero) is 1. The second-order valence-electron chi connectivity index (χ2n) is 9.87. The zero-order chi connectivity index (χ0) is 31.0. The van der Waals surface area contributed by atoms with Crippen LogP contribution in [-0.2, 0) is 19.7 Å². The number of amides is 1. The van der Waals surface area contributed by atoms with Crippen molar-refractivity contribution >= 4 is 76.3 Å². The number of benzene rings is 4. The maximum atomic E-state index is 12.6. The quantitative estimate of drug-likeness (QED) is 0.111. The molecule has 6 aromatic rings. The van der Waals surface area contributed by atoms with E-state index in [0.717, 1.165) is 26.4 Å². The number of nitrogens with zero attached hydrogens (tertiary/aromatic N) is 4. The Morgan fingerprint density at radius 2 is 1.51 bits per heavy atom. The van der Waals surface area contributed by atoms with Crippen molar-refractivity contribution in [2.45, 2.75) is 24.8 Å². The standard InChI is InChI=1S/C31H23N5O5S3.Na/c1-17-8-14-24-27(28(17)44(39,40)41)43-31(34-24)20-11-15-23-25(16-20)42-30(33-23)19-9-12-22(13-10-19)35-36-26(18(2)37)29(38)32-21-6-4-3-5-7-21;/h3-16,26H,1-2H3,(H,32,38)(H,39,40,41);/q;+1/p-1. The zero-order valence-corrected chi connectivity index (χ0v) is 28.7. The third-order valence-electron chi connectivity index (χ3n) is 6.67. The Morgan fingerprint density at radius 3 is 2.20 bits per heavy atom. The average Bonchev–Trinajstić information content (AvgIpc) is 3.61. The number of thiazole rings is 2. The van der Waals surface area contributed by atoms with Gasteiger partial charge in [0, 0.05) is 16.8 Å². The topological polar surface area (TPSA) is 154 Å². The normalized spacial score (nSPS) is 12.3. The first-order valence-electron chi connectivity index (χ1n) is 13.2. The Bertz CT molecular complexity index is 2200. The van der Waals surface area contributed by atoms with Gasteiger partial charge in [0.25, 0.3) is 5.91 Å². The molecule has 2 aromatic heterocycles. The molecule has 1 atom stereocenters. The van der Waals surface area contributed by atoms with Gasteiger partial charge >= 0.3 is 29.6 Å². The van der Waals surface area contributed by atoms with E-state index >= 15 is 0 Å². The molecule has 0 fully saturated rings. The predicted molar refractivity (Wildman–Crippen MR) is 170 cm³/mol. The van der Waals surface area contributed by atoms with E-state index in [2.05, 4.69) is 20.5 Å². The summed E-state index contributed by atoms with van der Waals surface area (Å²) in [5.74, 6) is -0.987. The smallest absolute Gasteiger partial charge is 0.744 e. The molecule has 0 aliphatic carbocycles. The molecule has 0 saturated heterocycles. The number of carbonyl (C=O) groups is 2. The monoisotopic (exact) mass is 663 g/mol. The fraction of sp³-hybridized carbons (Fsp3) is 0.0968. The largest absolute Gasteiger partial charge is 1.00 e. The van der Waals surface area contributed by atoms with Crippen molar-refractivity contribution in [2.75, 3.05) is 5.32 Å². The van der Waals surface area contributed by atoms with Gasteiger partial charge in [0.05, 0.1) is 31.0 Å². The van der Waals surface area contributed by atoms with Gasteiger partial charge in [-0.3, -0.25) is 9.59 Å². The number of azo groups is 1. The molecule has 220 valence electrons. The summed E-state index contributed by atoms with van der Waals surface area (Å²) in [5.41, 5.74) is 4.30. The van der Waals surface area contributed by atoms with E-state index in [9.17, 15) is 22.6 Å². The van der Waals surface area contributed by atoms with Crippen molar-refractivity contribution < 1.29 is 52.1 Å². The second-order valence-corrected chi connectivity index (χ2v) is 13.2. The molecule has 14 heteroatoms. The van der Waals surface area contributed by atoms with E-state index in [1.807, 2.05) is 36.4 Å². The van der Waals surface area contributed by atoms with Gasteiger partial charge in [-0.1, -0.05) is 24.3 Å². The van der Waals surface area contributed by atoms with Gasteiger partial charge < -0.3 is 9.87 Å². The Hall–Kier alpha value is -3.69. The number of aromatic nitrogens is 2. The van der Waals surface area contributed by atoms with E-state index in [4.69, 9.17) is 4.98 Å². The summed E-state index contributed by atoms with van der Waals surface area (Å²) in [6, 6.07) is 23.6. The Kier molecular flexibility index (Phi) is 9.70. The van der Waals surface area contributed by atoms with Crippen LogP contribution in [0.15, 0.2) is 100 Å². The summed E-state index contributed by atoms with van der Waals surface area (Å²) in [5, 5.41) is 12.2. The minimum atomic E-state index is -4.65. The van der Waals surface area contributed by atoms with Crippen LogP contribution in [0.4, 0.5) is 11.4 Å². The van der Waals surface area contributed by atoms with Crippen molar-refractivity contribution in [2.24, 2.45) is 10.2 Å². The number of rotatable bonds is 8. The molecule has 1 amide bonds. The third-order valence-corrected chi connectivity index (χ3v) is 10.0. The number of para-hydroxylation sites is 1. The van der Waals surface area contributed by atoms with Crippen LogP contribution >= 0.6 is 22.7 Å². The Labute approximate surface area is 288 Å². The number of hydrogen-bond acceptors (Lipinski definition) is 11. The summed E-state index contributed by atoms with van der Waals surface area (Å²) in [6.07, 6.45) is 0. The van der Waals surface area contributed by atoms with Crippen LogP contribution in [0.3, 0.4) is 0 Å². The van der Waals surface area contributed by atoms with Crippen LogP contribution < -0.4 is 34.9 Å². The Morgan fingerprint density at radius 1 is 0.867 bits per heavy atom. The van der Waals surface area contributed by atoms with Crippen molar-refractivity contribution in [3.05, 3.63) is 90.5 Å². The molecule has 10 nitrogen and oxygen atoms in total. The van der Waals surface area contributed by atoms with Gasteiger partial charge in [-0.15, -0.1) is 22.7 Å². The molecule has 0 bridgehead atoms. The van der Waals surface area contributed by atoms with Crippen molar-refractivity contribution in [3.63, 3.8) is 0 Å². The number of aryl methyl sites for hydroxylation is 1. The number of ketones is 1. The second kappa shape index (κ2) is 13.3. The van der Waals surface area contributed by atoms with E-state index in [1.165, 1.54) is 29.6 Å². The number of hydrogen-bond donors (Lipinski definition) is 1. The maximum absolute atomic E-state index is 12.6. The van der Waals surface area contributed by atoms with Gasteiger partial charge in [0.2, 0.25) is 6.04 Å². The van der Waals surface area contributed by atoms with Crippen molar-refractivity contribution in [3.8, 4) is 21.1 Å². The number of anilines is 1. The molecule has 4 aromatic carbocycles. The predicted octanol–water partition coefficient (Wildman–Crippen LogP) is 4.14. The van der Waals surface area contributed by atoms with Crippen LogP contribution in [0, 0.1) is 6.92 Å². The van der Waals surface area contributed by atoms with Crippen molar-refractivity contribution in [1.29, 1.82) is 0 Å². The maximum Gasteiger partial charge on any atom is 1.00 e. The summed E-state index contributed by atoms with van der Waals surface area (Å²) < 4.78 is 37.0. The minimum absolute atomic E-state index is 0. The van der Waals surface area contributed by atoms with E-state index < -0.39 is 27.9 Å². The first-order chi connectivity index (χ1) is 21.1. The van der Waals surface area contributed by atoms with Crippen LogP contribution in [0.5, 0.6) is 0 Å².